The fourth-order valence-electron chi connectivity index (χ4n) is 3.91. The lowest BCUT2D eigenvalue weighted by Crippen LogP contribution is -2.37. The molecule has 1 fully saturated rings. The number of methoxy groups -OCH3 is 2. The number of carbonyl (C=O) groups is 2. The highest BCUT2D eigenvalue weighted by atomic mass is 16.5. The molecule has 0 N–H and O–H groups in total. The first-order chi connectivity index (χ1) is 15.5. The van der Waals surface area contributed by atoms with E-state index in [1.165, 1.54) is 0 Å². The van der Waals surface area contributed by atoms with Crippen molar-refractivity contribution in [3.63, 3.8) is 0 Å². The van der Waals surface area contributed by atoms with Gasteiger partial charge in [0, 0.05) is 24.7 Å². The van der Waals surface area contributed by atoms with Gasteiger partial charge in [-0.15, -0.1) is 0 Å². The standard InChI is InChI=1S/C25H26N2O5/c1-17-6-8-19(9-7-17)26(16-21-5-4-12-32-21)25(29)18-13-24(28)27(15-18)22-14-20(30-2)10-11-23(22)31-3/h4-12,14,18H,13,15-16H2,1-3H3. The Balaban J connectivity index is 1.61. The van der Waals surface area contributed by atoms with Gasteiger partial charge in [-0.3, -0.25) is 9.59 Å². The van der Waals surface area contributed by atoms with Crippen molar-refractivity contribution in [2.24, 2.45) is 5.92 Å². The van der Waals surface area contributed by atoms with E-state index in [1.54, 1.807) is 54.5 Å². The van der Waals surface area contributed by atoms with E-state index in [0.717, 1.165) is 11.3 Å². The van der Waals surface area contributed by atoms with E-state index in [2.05, 4.69) is 0 Å². The molecule has 7 heteroatoms. The molecule has 0 bridgehead atoms. The van der Waals surface area contributed by atoms with Gasteiger partial charge < -0.3 is 23.7 Å². The molecule has 32 heavy (non-hydrogen) atoms. The average molecular weight is 434 g/mol. The second kappa shape index (κ2) is 9.18. The van der Waals surface area contributed by atoms with Crippen LogP contribution in [0.1, 0.15) is 17.7 Å². The van der Waals surface area contributed by atoms with Crippen LogP contribution in [-0.2, 0) is 16.1 Å². The highest BCUT2D eigenvalue weighted by Gasteiger charge is 2.39. The highest BCUT2D eigenvalue weighted by molar-refractivity contribution is 6.05. The van der Waals surface area contributed by atoms with E-state index >= 15 is 0 Å². The van der Waals surface area contributed by atoms with Crippen LogP contribution in [0, 0.1) is 12.8 Å². The first-order valence-electron chi connectivity index (χ1n) is 10.4. The van der Waals surface area contributed by atoms with Crippen LogP contribution in [0.4, 0.5) is 11.4 Å². The summed E-state index contributed by atoms with van der Waals surface area (Å²) in [6.07, 6.45) is 1.71. The number of anilines is 2. The SMILES string of the molecule is COc1ccc(OC)c(N2CC(C(=O)N(Cc3ccco3)c3ccc(C)cc3)CC2=O)c1. The molecule has 0 spiro atoms. The number of carbonyl (C=O) groups excluding carboxylic acids is 2. The van der Waals surface area contributed by atoms with Crippen LogP contribution >= 0.6 is 0 Å². The molecule has 0 saturated carbocycles. The quantitative estimate of drug-likeness (QED) is 0.558. The van der Waals surface area contributed by atoms with Gasteiger partial charge in [0.25, 0.3) is 0 Å². The summed E-state index contributed by atoms with van der Waals surface area (Å²) in [5, 5.41) is 0. The van der Waals surface area contributed by atoms with Gasteiger partial charge >= 0.3 is 0 Å². The molecule has 2 heterocycles. The largest absolute Gasteiger partial charge is 0.497 e. The Bertz CT molecular complexity index is 1090. The number of aryl methyl sites for hydroxylation is 1. The lowest BCUT2D eigenvalue weighted by atomic mass is 10.1. The fourth-order valence-corrected chi connectivity index (χ4v) is 3.91. The Morgan fingerprint density at radius 3 is 2.56 bits per heavy atom. The molecular weight excluding hydrogens is 408 g/mol. The fraction of sp³-hybridized carbons (Fsp3) is 0.280. The zero-order chi connectivity index (χ0) is 22.7. The van der Waals surface area contributed by atoms with Gasteiger partial charge in [-0.05, 0) is 43.3 Å². The summed E-state index contributed by atoms with van der Waals surface area (Å²) in [7, 11) is 3.12. The molecule has 0 radical (unpaired) electrons. The van der Waals surface area contributed by atoms with Crippen molar-refractivity contribution in [2.75, 3.05) is 30.6 Å². The van der Waals surface area contributed by atoms with Crippen molar-refractivity contribution in [3.05, 3.63) is 72.2 Å². The molecule has 3 aromatic rings. The third kappa shape index (κ3) is 4.32. The molecular formula is C25H26N2O5. The van der Waals surface area contributed by atoms with Crippen molar-refractivity contribution in [1.82, 2.24) is 0 Å². The Labute approximate surface area is 187 Å². The number of benzene rings is 2. The number of furan rings is 1. The lowest BCUT2D eigenvalue weighted by molar-refractivity contribution is -0.124. The molecule has 7 nitrogen and oxygen atoms in total. The summed E-state index contributed by atoms with van der Waals surface area (Å²) >= 11 is 0. The van der Waals surface area contributed by atoms with E-state index in [-0.39, 0.29) is 24.8 Å². The summed E-state index contributed by atoms with van der Waals surface area (Å²) in [5.41, 5.74) is 2.47. The van der Waals surface area contributed by atoms with Crippen molar-refractivity contribution >= 4 is 23.2 Å². The summed E-state index contributed by atoms with van der Waals surface area (Å²) < 4.78 is 16.2. The molecule has 2 aromatic carbocycles. The zero-order valence-corrected chi connectivity index (χ0v) is 18.4. The number of hydrogen-bond acceptors (Lipinski definition) is 5. The Morgan fingerprint density at radius 1 is 1.12 bits per heavy atom. The molecule has 1 aromatic heterocycles. The Morgan fingerprint density at radius 2 is 1.91 bits per heavy atom. The van der Waals surface area contributed by atoms with E-state index in [0.29, 0.717) is 29.5 Å². The van der Waals surface area contributed by atoms with Crippen LogP contribution < -0.4 is 19.3 Å². The van der Waals surface area contributed by atoms with Crippen LogP contribution in [0.2, 0.25) is 0 Å². The topological polar surface area (TPSA) is 72.2 Å². The molecule has 166 valence electrons. The van der Waals surface area contributed by atoms with Gasteiger partial charge in [0.2, 0.25) is 11.8 Å². The second-order valence-corrected chi connectivity index (χ2v) is 7.78. The van der Waals surface area contributed by atoms with Crippen LogP contribution in [0.25, 0.3) is 0 Å². The van der Waals surface area contributed by atoms with Gasteiger partial charge in [-0.2, -0.15) is 0 Å². The van der Waals surface area contributed by atoms with Gasteiger partial charge in [-0.25, -0.2) is 0 Å². The molecule has 1 saturated heterocycles. The number of nitrogens with zero attached hydrogens (tertiary/aromatic N) is 2. The maximum absolute atomic E-state index is 13.6. The van der Waals surface area contributed by atoms with Gasteiger partial charge in [-0.1, -0.05) is 17.7 Å². The van der Waals surface area contributed by atoms with Crippen molar-refractivity contribution in [3.8, 4) is 11.5 Å². The number of rotatable bonds is 7. The predicted molar refractivity (Wildman–Crippen MR) is 121 cm³/mol. The third-order valence-corrected chi connectivity index (χ3v) is 5.66. The van der Waals surface area contributed by atoms with E-state index in [1.807, 2.05) is 37.3 Å². The van der Waals surface area contributed by atoms with E-state index in [9.17, 15) is 9.59 Å². The Hall–Kier alpha value is -3.74. The van der Waals surface area contributed by atoms with Crippen molar-refractivity contribution in [1.29, 1.82) is 0 Å². The van der Waals surface area contributed by atoms with Crippen LogP contribution in [-0.4, -0.2) is 32.6 Å². The number of hydrogen-bond donors (Lipinski definition) is 0. The molecule has 1 aliphatic heterocycles. The van der Waals surface area contributed by atoms with Crippen LogP contribution in [0.15, 0.2) is 65.3 Å². The molecule has 4 rings (SSSR count). The second-order valence-electron chi connectivity index (χ2n) is 7.78. The van der Waals surface area contributed by atoms with Gasteiger partial charge in [0.1, 0.15) is 17.3 Å². The first-order valence-corrected chi connectivity index (χ1v) is 10.4. The maximum atomic E-state index is 13.6. The average Bonchev–Trinajstić information content (AvgIpc) is 3.47. The summed E-state index contributed by atoms with van der Waals surface area (Å²) in [5.74, 6) is 1.10. The van der Waals surface area contributed by atoms with Crippen LogP contribution in [0.3, 0.4) is 0 Å². The minimum atomic E-state index is -0.491. The van der Waals surface area contributed by atoms with Crippen LogP contribution in [0.5, 0.6) is 11.5 Å². The first kappa shape index (κ1) is 21.5. The monoisotopic (exact) mass is 434 g/mol. The molecule has 1 unspecified atom stereocenters. The molecule has 1 atom stereocenters. The van der Waals surface area contributed by atoms with E-state index < -0.39 is 5.92 Å². The Kier molecular flexibility index (Phi) is 6.16. The van der Waals surface area contributed by atoms with Crippen molar-refractivity contribution in [2.45, 2.75) is 19.9 Å². The molecule has 2 amide bonds. The summed E-state index contributed by atoms with van der Waals surface area (Å²) in [6, 6.07) is 16.7. The minimum absolute atomic E-state index is 0.122. The molecule has 1 aliphatic rings. The predicted octanol–water partition coefficient (Wildman–Crippen LogP) is 4.19. The number of ether oxygens (including phenoxy) is 2. The highest BCUT2D eigenvalue weighted by Crippen LogP contribution is 2.37. The molecule has 0 aliphatic carbocycles. The van der Waals surface area contributed by atoms with Crippen molar-refractivity contribution < 1.29 is 23.5 Å². The maximum Gasteiger partial charge on any atom is 0.232 e. The minimum Gasteiger partial charge on any atom is -0.497 e. The van der Waals surface area contributed by atoms with Gasteiger partial charge in [0.05, 0.1) is 38.6 Å². The normalized spacial score (nSPS) is 15.7. The number of amides is 2. The third-order valence-electron chi connectivity index (χ3n) is 5.66. The van der Waals surface area contributed by atoms with E-state index in [4.69, 9.17) is 13.9 Å². The summed E-state index contributed by atoms with van der Waals surface area (Å²) in [4.78, 5) is 29.8. The smallest absolute Gasteiger partial charge is 0.232 e. The lowest BCUT2D eigenvalue weighted by Gasteiger charge is -2.25. The summed E-state index contributed by atoms with van der Waals surface area (Å²) in [6.45, 7) is 2.56. The van der Waals surface area contributed by atoms with Gasteiger partial charge in [0.15, 0.2) is 0 Å². The zero-order valence-electron chi connectivity index (χ0n) is 18.4.